The van der Waals surface area contributed by atoms with Gasteiger partial charge in [0.2, 0.25) is 0 Å². The Balaban J connectivity index is 2.01. The maximum Gasteiger partial charge on any atom is 0.414 e. The molecule has 1 saturated heterocycles. The van der Waals surface area contributed by atoms with Crippen LogP contribution in [0.4, 0.5) is 10.5 Å². The van der Waals surface area contributed by atoms with Gasteiger partial charge in [-0.3, -0.25) is 4.90 Å². The zero-order valence-electron chi connectivity index (χ0n) is 12.4. The molecule has 2 heterocycles. The second-order valence-electron chi connectivity index (χ2n) is 5.86. The number of piperidine rings is 1. The van der Waals surface area contributed by atoms with E-state index in [4.69, 9.17) is 4.74 Å². The molecule has 2 atom stereocenters. The van der Waals surface area contributed by atoms with Gasteiger partial charge in [-0.05, 0) is 45.5 Å². The number of anilines is 1. The third-order valence-corrected chi connectivity index (χ3v) is 4.42. The lowest BCUT2D eigenvalue weighted by atomic mass is 9.89. The van der Waals surface area contributed by atoms with E-state index in [9.17, 15) is 4.79 Å². The molecule has 0 N–H and O–H groups in total. The lowest BCUT2D eigenvalue weighted by Crippen LogP contribution is -2.47. The predicted molar refractivity (Wildman–Crippen MR) is 79.3 cm³/mol. The van der Waals surface area contributed by atoms with Crippen molar-refractivity contribution >= 4 is 11.8 Å². The van der Waals surface area contributed by atoms with Gasteiger partial charge in [-0.15, -0.1) is 0 Å². The molecule has 1 aromatic rings. The smallest absolute Gasteiger partial charge is 0.414 e. The standard InChI is InChI=1S/C16H22N2O2/c1-4-20-16(19)18-14-6-5-11(2)9-12(14)13-10-17(3)8-7-15(13)18/h5-6,9,13,15H,4,7-8,10H2,1-3H3/t13-,15-/m0/s1. The number of nitrogens with zero attached hydrogens (tertiary/aromatic N) is 2. The Kier molecular flexibility index (Phi) is 3.42. The van der Waals surface area contributed by atoms with E-state index in [1.807, 2.05) is 11.8 Å². The highest BCUT2D eigenvalue weighted by Crippen LogP contribution is 2.45. The van der Waals surface area contributed by atoms with Gasteiger partial charge >= 0.3 is 6.09 Å². The SMILES string of the molecule is CCOC(=O)N1c2ccc(C)cc2[C@@H]2CN(C)CC[C@@H]21. The Morgan fingerprint density at radius 3 is 3.00 bits per heavy atom. The molecular weight excluding hydrogens is 252 g/mol. The first-order valence-electron chi connectivity index (χ1n) is 7.37. The lowest BCUT2D eigenvalue weighted by molar-refractivity contribution is 0.151. The van der Waals surface area contributed by atoms with Gasteiger partial charge in [0, 0.05) is 18.5 Å². The van der Waals surface area contributed by atoms with E-state index in [1.165, 1.54) is 11.1 Å². The molecule has 20 heavy (non-hydrogen) atoms. The third kappa shape index (κ3) is 2.08. The number of amides is 1. The zero-order valence-corrected chi connectivity index (χ0v) is 12.4. The molecule has 1 fully saturated rings. The summed E-state index contributed by atoms with van der Waals surface area (Å²) in [5, 5.41) is 0. The number of fused-ring (bicyclic) bond motifs is 3. The fourth-order valence-electron chi connectivity index (χ4n) is 3.51. The van der Waals surface area contributed by atoms with E-state index in [0.717, 1.165) is 25.2 Å². The van der Waals surface area contributed by atoms with Gasteiger partial charge in [0.1, 0.15) is 0 Å². The summed E-state index contributed by atoms with van der Waals surface area (Å²) in [6.07, 6.45) is 0.808. The highest BCUT2D eigenvalue weighted by Gasteiger charge is 2.44. The molecule has 0 radical (unpaired) electrons. The minimum Gasteiger partial charge on any atom is -0.449 e. The van der Waals surface area contributed by atoms with E-state index in [1.54, 1.807) is 0 Å². The first-order chi connectivity index (χ1) is 9.61. The number of rotatable bonds is 1. The van der Waals surface area contributed by atoms with Crippen LogP contribution in [0.15, 0.2) is 18.2 Å². The Morgan fingerprint density at radius 2 is 2.25 bits per heavy atom. The number of carbonyl (C=O) groups is 1. The van der Waals surface area contributed by atoms with E-state index >= 15 is 0 Å². The number of likely N-dealkylation sites (N-methyl/N-ethyl adjacent to an activating group) is 1. The highest BCUT2D eigenvalue weighted by atomic mass is 16.6. The van der Waals surface area contributed by atoms with Gasteiger partial charge in [-0.2, -0.15) is 0 Å². The van der Waals surface area contributed by atoms with Crippen LogP contribution >= 0.6 is 0 Å². The minimum absolute atomic E-state index is 0.199. The maximum absolute atomic E-state index is 12.3. The van der Waals surface area contributed by atoms with Crippen LogP contribution < -0.4 is 4.90 Å². The van der Waals surface area contributed by atoms with Crippen molar-refractivity contribution in [2.45, 2.75) is 32.2 Å². The quantitative estimate of drug-likeness (QED) is 0.789. The van der Waals surface area contributed by atoms with Crippen molar-refractivity contribution in [1.82, 2.24) is 4.90 Å². The molecule has 0 bridgehead atoms. The van der Waals surface area contributed by atoms with Crippen LogP contribution in [0.5, 0.6) is 0 Å². The first-order valence-corrected chi connectivity index (χ1v) is 7.37. The largest absolute Gasteiger partial charge is 0.449 e. The van der Waals surface area contributed by atoms with Gasteiger partial charge in [0.05, 0.1) is 12.3 Å². The lowest BCUT2D eigenvalue weighted by Gasteiger charge is -2.35. The summed E-state index contributed by atoms with van der Waals surface area (Å²) in [6.45, 7) is 6.43. The first kappa shape index (κ1) is 13.4. The molecule has 1 amide bonds. The van der Waals surface area contributed by atoms with Crippen LogP contribution in [0.1, 0.15) is 30.4 Å². The second kappa shape index (κ2) is 5.09. The highest BCUT2D eigenvalue weighted by molar-refractivity contribution is 5.92. The molecule has 1 aromatic carbocycles. The number of ether oxygens (including phenoxy) is 1. The average molecular weight is 274 g/mol. The average Bonchev–Trinajstić information content (AvgIpc) is 2.72. The van der Waals surface area contributed by atoms with Crippen molar-refractivity contribution in [2.24, 2.45) is 0 Å². The van der Waals surface area contributed by atoms with Crippen molar-refractivity contribution < 1.29 is 9.53 Å². The van der Waals surface area contributed by atoms with Crippen molar-refractivity contribution in [2.75, 3.05) is 31.6 Å². The Morgan fingerprint density at radius 1 is 1.45 bits per heavy atom. The zero-order chi connectivity index (χ0) is 14.3. The molecule has 2 aliphatic heterocycles. The van der Waals surface area contributed by atoms with Crippen molar-refractivity contribution in [3.8, 4) is 0 Å². The third-order valence-electron chi connectivity index (χ3n) is 4.42. The summed E-state index contributed by atoms with van der Waals surface area (Å²) in [5.41, 5.74) is 3.59. The molecule has 0 aliphatic carbocycles. The summed E-state index contributed by atoms with van der Waals surface area (Å²) in [6, 6.07) is 6.62. The number of hydrogen-bond donors (Lipinski definition) is 0. The molecule has 4 heteroatoms. The molecular formula is C16H22N2O2. The van der Waals surface area contributed by atoms with Crippen LogP contribution in [0, 0.1) is 6.92 Å². The fraction of sp³-hybridized carbons (Fsp3) is 0.562. The normalized spacial score (nSPS) is 25.2. The van der Waals surface area contributed by atoms with Crippen LogP contribution in [0.2, 0.25) is 0 Å². The number of benzene rings is 1. The number of carbonyl (C=O) groups excluding carboxylic acids is 1. The Bertz CT molecular complexity index is 529. The molecule has 0 spiro atoms. The molecule has 2 aliphatic rings. The van der Waals surface area contributed by atoms with Crippen molar-refractivity contribution in [1.29, 1.82) is 0 Å². The summed E-state index contributed by atoms with van der Waals surface area (Å²) < 4.78 is 5.26. The molecule has 0 aromatic heterocycles. The number of likely N-dealkylation sites (tertiary alicyclic amines) is 1. The molecule has 0 unspecified atom stereocenters. The fourth-order valence-corrected chi connectivity index (χ4v) is 3.51. The summed E-state index contributed by atoms with van der Waals surface area (Å²) in [4.78, 5) is 16.6. The van der Waals surface area contributed by atoms with Crippen LogP contribution in [0.3, 0.4) is 0 Å². The monoisotopic (exact) mass is 274 g/mol. The minimum atomic E-state index is -0.199. The molecule has 4 nitrogen and oxygen atoms in total. The molecule has 108 valence electrons. The predicted octanol–water partition coefficient (Wildman–Crippen LogP) is 2.76. The number of hydrogen-bond acceptors (Lipinski definition) is 3. The maximum atomic E-state index is 12.3. The van der Waals surface area contributed by atoms with E-state index in [-0.39, 0.29) is 12.1 Å². The summed E-state index contributed by atoms with van der Waals surface area (Å²) >= 11 is 0. The van der Waals surface area contributed by atoms with Crippen molar-refractivity contribution in [3.05, 3.63) is 29.3 Å². The van der Waals surface area contributed by atoms with E-state index in [0.29, 0.717) is 12.5 Å². The van der Waals surface area contributed by atoms with Gasteiger partial charge in [-0.25, -0.2) is 4.79 Å². The topological polar surface area (TPSA) is 32.8 Å². The van der Waals surface area contributed by atoms with Gasteiger partial charge in [0.15, 0.2) is 0 Å². The van der Waals surface area contributed by atoms with Crippen LogP contribution in [0.25, 0.3) is 0 Å². The van der Waals surface area contributed by atoms with Crippen LogP contribution in [-0.4, -0.2) is 43.8 Å². The Hall–Kier alpha value is -1.55. The second-order valence-corrected chi connectivity index (χ2v) is 5.86. The number of aryl methyl sites for hydroxylation is 1. The summed E-state index contributed by atoms with van der Waals surface area (Å²) in [7, 11) is 2.15. The van der Waals surface area contributed by atoms with Crippen molar-refractivity contribution in [3.63, 3.8) is 0 Å². The Labute approximate surface area is 120 Å². The molecule has 3 rings (SSSR count). The van der Waals surface area contributed by atoms with E-state index in [2.05, 4.69) is 37.1 Å². The molecule has 0 saturated carbocycles. The van der Waals surface area contributed by atoms with Gasteiger partial charge in [0.25, 0.3) is 0 Å². The van der Waals surface area contributed by atoms with Crippen LogP contribution in [-0.2, 0) is 4.74 Å². The van der Waals surface area contributed by atoms with Gasteiger partial charge in [-0.1, -0.05) is 17.7 Å². The summed E-state index contributed by atoms with van der Waals surface area (Å²) in [5.74, 6) is 0.410. The van der Waals surface area contributed by atoms with E-state index < -0.39 is 0 Å². The van der Waals surface area contributed by atoms with Gasteiger partial charge < -0.3 is 9.64 Å².